The quantitative estimate of drug-likeness (QED) is 0.870. The van der Waals surface area contributed by atoms with Gasteiger partial charge in [-0.05, 0) is 43.7 Å². The summed E-state index contributed by atoms with van der Waals surface area (Å²) in [6.45, 7) is 5.12. The minimum Gasteiger partial charge on any atom is -0.495 e. The summed E-state index contributed by atoms with van der Waals surface area (Å²) >= 11 is 0. The maximum Gasteiger partial charge on any atom is 0.265 e. The van der Waals surface area contributed by atoms with Crippen LogP contribution in [0.15, 0.2) is 41.3 Å². The van der Waals surface area contributed by atoms with E-state index in [0.29, 0.717) is 11.4 Å². The SMILES string of the molecule is COc1ccc(NC(C)=O)cc1S(=O)(=O)Nc1ccc(C)cc1C. The lowest BCUT2D eigenvalue weighted by atomic mass is 10.1. The first-order valence-corrected chi connectivity index (χ1v) is 8.77. The average molecular weight is 348 g/mol. The topological polar surface area (TPSA) is 84.5 Å². The molecular formula is C17H20N2O4S. The number of aryl methyl sites for hydroxylation is 2. The Morgan fingerprint density at radius 3 is 2.38 bits per heavy atom. The van der Waals surface area contributed by atoms with E-state index in [4.69, 9.17) is 4.74 Å². The largest absolute Gasteiger partial charge is 0.495 e. The molecule has 0 aliphatic heterocycles. The molecule has 0 spiro atoms. The molecule has 0 radical (unpaired) electrons. The Bertz CT molecular complexity index is 876. The van der Waals surface area contributed by atoms with Crippen molar-refractivity contribution in [2.45, 2.75) is 25.7 Å². The molecule has 0 bridgehead atoms. The summed E-state index contributed by atoms with van der Waals surface area (Å²) < 4.78 is 33.2. The Balaban J connectivity index is 2.45. The van der Waals surface area contributed by atoms with Crippen molar-refractivity contribution in [3.63, 3.8) is 0 Å². The molecule has 7 heteroatoms. The third-order valence-corrected chi connectivity index (χ3v) is 4.79. The van der Waals surface area contributed by atoms with Crippen molar-refractivity contribution in [3.8, 4) is 5.75 Å². The fourth-order valence-electron chi connectivity index (χ4n) is 2.30. The number of nitrogens with one attached hydrogen (secondary N) is 2. The average Bonchev–Trinajstić information content (AvgIpc) is 2.49. The fourth-order valence-corrected chi connectivity index (χ4v) is 3.62. The molecule has 0 saturated heterocycles. The van der Waals surface area contributed by atoms with Gasteiger partial charge in [-0.1, -0.05) is 17.7 Å². The molecule has 2 aromatic rings. The van der Waals surface area contributed by atoms with Crippen LogP contribution in [-0.2, 0) is 14.8 Å². The lowest BCUT2D eigenvalue weighted by Crippen LogP contribution is -2.16. The lowest BCUT2D eigenvalue weighted by Gasteiger charge is -2.15. The van der Waals surface area contributed by atoms with Crippen LogP contribution >= 0.6 is 0 Å². The van der Waals surface area contributed by atoms with E-state index < -0.39 is 10.0 Å². The second-order valence-corrected chi connectivity index (χ2v) is 7.12. The van der Waals surface area contributed by atoms with E-state index in [0.717, 1.165) is 11.1 Å². The number of amides is 1. The summed E-state index contributed by atoms with van der Waals surface area (Å²) in [6, 6.07) is 9.88. The van der Waals surface area contributed by atoms with Crippen LogP contribution in [0.5, 0.6) is 5.75 Å². The molecule has 0 unspecified atom stereocenters. The summed E-state index contributed by atoms with van der Waals surface area (Å²) in [4.78, 5) is 11.1. The van der Waals surface area contributed by atoms with E-state index in [-0.39, 0.29) is 16.6 Å². The highest BCUT2D eigenvalue weighted by atomic mass is 32.2. The summed E-state index contributed by atoms with van der Waals surface area (Å²) in [5.74, 6) is -0.0905. The molecule has 0 saturated carbocycles. The van der Waals surface area contributed by atoms with Crippen LogP contribution < -0.4 is 14.8 Å². The fraction of sp³-hybridized carbons (Fsp3) is 0.235. The Kier molecular flexibility index (Phi) is 5.14. The van der Waals surface area contributed by atoms with Gasteiger partial charge in [0.25, 0.3) is 10.0 Å². The van der Waals surface area contributed by atoms with Gasteiger partial charge in [0.15, 0.2) is 0 Å². The normalized spacial score (nSPS) is 11.0. The van der Waals surface area contributed by atoms with E-state index in [1.54, 1.807) is 12.1 Å². The number of sulfonamides is 1. The number of carbonyl (C=O) groups excluding carboxylic acids is 1. The molecule has 2 rings (SSSR count). The predicted octanol–water partition coefficient (Wildman–Crippen LogP) is 3.07. The number of carbonyl (C=O) groups is 1. The van der Waals surface area contributed by atoms with Gasteiger partial charge >= 0.3 is 0 Å². The van der Waals surface area contributed by atoms with Crippen LogP contribution in [-0.4, -0.2) is 21.4 Å². The Labute approximate surface area is 141 Å². The van der Waals surface area contributed by atoms with E-state index in [2.05, 4.69) is 10.0 Å². The van der Waals surface area contributed by atoms with Gasteiger partial charge in [0.2, 0.25) is 5.91 Å². The molecule has 2 N–H and O–H groups in total. The zero-order valence-corrected chi connectivity index (χ0v) is 14.8. The van der Waals surface area contributed by atoms with Crippen molar-refractivity contribution < 1.29 is 17.9 Å². The van der Waals surface area contributed by atoms with Crippen molar-refractivity contribution in [3.05, 3.63) is 47.5 Å². The van der Waals surface area contributed by atoms with Crippen LogP contribution in [0.3, 0.4) is 0 Å². The Morgan fingerprint density at radius 1 is 1.08 bits per heavy atom. The highest BCUT2D eigenvalue weighted by Crippen LogP contribution is 2.29. The zero-order chi connectivity index (χ0) is 17.9. The third kappa shape index (κ3) is 4.05. The number of hydrogen-bond donors (Lipinski definition) is 2. The second kappa shape index (κ2) is 6.92. The minimum absolute atomic E-state index is 0.0452. The van der Waals surface area contributed by atoms with Gasteiger partial charge in [-0.25, -0.2) is 8.42 Å². The van der Waals surface area contributed by atoms with Gasteiger partial charge < -0.3 is 10.1 Å². The molecule has 0 aliphatic rings. The third-order valence-electron chi connectivity index (χ3n) is 3.40. The highest BCUT2D eigenvalue weighted by Gasteiger charge is 2.21. The van der Waals surface area contributed by atoms with Crippen LogP contribution in [0, 0.1) is 13.8 Å². The molecule has 0 aromatic heterocycles. The number of methoxy groups -OCH3 is 1. The van der Waals surface area contributed by atoms with Crippen LogP contribution in [0.4, 0.5) is 11.4 Å². The molecule has 128 valence electrons. The predicted molar refractivity (Wildman–Crippen MR) is 94.0 cm³/mol. The summed E-state index contributed by atoms with van der Waals surface area (Å²) in [7, 11) is -2.48. The smallest absolute Gasteiger partial charge is 0.265 e. The molecule has 0 atom stereocenters. The lowest BCUT2D eigenvalue weighted by molar-refractivity contribution is -0.114. The molecule has 0 fully saturated rings. The maximum absolute atomic E-state index is 12.8. The van der Waals surface area contributed by atoms with E-state index in [1.807, 2.05) is 26.0 Å². The van der Waals surface area contributed by atoms with Crippen molar-refractivity contribution in [2.24, 2.45) is 0 Å². The molecule has 0 aliphatic carbocycles. The van der Waals surface area contributed by atoms with Crippen LogP contribution in [0.2, 0.25) is 0 Å². The van der Waals surface area contributed by atoms with Crippen molar-refractivity contribution in [2.75, 3.05) is 17.1 Å². The standard InChI is InChI=1S/C17H20N2O4S/c1-11-5-7-15(12(2)9-11)19-24(21,22)17-10-14(18-13(3)20)6-8-16(17)23-4/h5-10,19H,1-4H3,(H,18,20). The molecule has 24 heavy (non-hydrogen) atoms. The number of rotatable bonds is 5. The van der Waals surface area contributed by atoms with Gasteiger partial charge in [0.1, 0.15) is 10.6 Å². The van der Waals surface area contributed by atoms with E-state index in [9.17, 15) is 13.2 Å². The molecule has 1 amide bonds. The van der Waals surface area contributed by atoms with Gasteiger partial charge in [-0.3, -0.25) is 9.52 Å². The molecule has 0 heterocycles. The second-order valence-electron chi connectivity index (χ2n) is 5.47. The van der Waals surface area contributed by atoms with Crippen LogP contribution in [0.25, 0.3) is 0 Å². The minimum atomic E-state index is -3.88. The van der Waals surface area contributed by atoms with Crippen LogP contribution in [0.1, 0.15) is 18.1 Å². The summed E-state index contributed by atoms with van der Waals surface area (Å²) in [5, 5.41) is 2.56. The van der Waals surface area contributed by atoms with Gasteiger partial charge in [-0.15, -0.1) is 0 Å². The molecule has 2 aromatic carbocycles. The zero-order valence-electron chi connectivity index (χ0n) is 14.0. The van der Waals surface area contributed by atoms with Crippen molar-refractivity contribution >= 4 is 27.3 Å². The summed E-state index contributed by atoms with van der Waals surface area (Å²) in [5.41, 5.74) is 2.73. The first-order valence-electron chi connectivity index (χ1n) is 7.28. The number of benzene rings is 2. The van der Waals surface area contributed by atoms with E-state index in [1.165, 1.54) is 26.2 Å². The summed E-state index contributed by atoms with van der Waals surface area (Å²) in [6.07, 6.45) is 0. The first kappa shape index (κ1) is 17.8. The first-order chi connectivity index (χ1) is 11.2. The number of anilines is 2. The van der Waals surface area contributed by atoms with Crippen molar-refractivity contribution in [1.82, 2.24) is 0 Å². The Morgan fingerprint density at radius 2 is 1.79 bits per heavy atom. The highest BCUT2D eigenvalue weighted by molar-refractivity contribution is 7.92. The number of hydrogen-bond acceptors (Lipinski definition) is 4. The van der Waals surface area contributed by atoms with Gasteiger partial charge in [0.05, 0.1) is 12.8 Å². The van der Waals surface area contributed by atoms with Gasteiger partial charge in [0, 0.05) is 12.6 Å². The van der Waals surface area contributed by atoms with Gasteiger partial charge in [-0.2, -0.15) is 0 Å². The Hall–Kier alpha value is -2.54. The van der Waals surface area contributed by atoms with E-state index >= 15 is 0 Å². The molecule has 6 nitrogen and oxygen atoms in total. The number of ether oxygens (including phenoxy) is 1. The molecular weight excluding hydrogens is 328 g/mol. The van der Waals surface area contributed by atoms with Crippen molar-refractivity contribution in [1.29, 1.82) is 0 Å². The monoisotopic (exact) mass is 348 g/mol. The maximum atomic E-state index is 12.8.